The van der Waals surface area contributed by atoms with Crippen LogP contribution in [0.3, 0.4) is 0 Å². The van der Waals surface area contributed by atoms with Crippen LogP contribution in [0.5, 0.6) is 5.75 Å². The third-order valence-electron chi connectivity index (χ3n) is 8.39. The van der Waals surface area contributed by atoms with Crippen LogP contribution >= 0.6 is 0 Å². The lowest BCUT2D eigenvalue weighted by Gasteiger charge is -2.39. The van der Waals surface area contributed by atoms with Crippen molar-refractivity contribution in [3.63, 3.8) is 0 Å². The number of hydrogen-bond donors (Lipinski definition) is 0. The fourth-order valence-corrected chi connectivity index (χ4v) is 6.14. The summed E-state index contributed by atoms with van der Waals surface area (Å²) in [6, 6.07) is 3.40. The molecule has 0 heterocycles. The van der Waals surface area contributed by atoms with Crippen LogP contribution in [-0.4, -0.2) is 6.61 Å². The first-order valence-corrected chi connectivity index (χ1v) is 13.2. The molecular formula is C28H44F2O. The standard InChI is InChI=1S/C28H44F2O/c1-4-6-8-21-9-11-22(12-10-21)20(3)23-13-15-24(16-14-23)25-17-18-26(28(30)27(25)29)31-19-7-5-2/h17-18,20-24H,4-16,19H2,1-3H3. The van der Waals surface area contributed by atoms with E-state index >= 15 is 0 Å². The summed E-state index contributed by atoms with van der Waals surface area (Å²) in [7, 11) is 0. The Kier molecular flexibility index (Phi) is 9.66. The largest absolute Gasteiger partial charge is 0.490 e. The maximum absolute atomic E-state index is 14.8. The van der Waals surface area contributed by atoms with Crippen molar-refractivity contribution in [2.45, 2.75) is 110 Å². The molecule has 0 saturated heterocycles. The second kappa shape index (κ2) is 12.2. The Morgan fingerprint density at radius 1 is 0.839 bits per heavy atom. The fraction of sp³-hybridized carbons (Fsp3) is 0.786. The van der Waals surface area contributed by atoms with Crippen LogP contribution in [-0.2, 0) is 0 Å². The van der Waals surface area contributed by atoms with Gasteiger partial charge in [0.15, 0.2) is 11.6 Å². The average molecular weight is 435 g/mol. The van der Waals surface area contributed by atoms with Crippen molar-refractivity contribution in [1.82, 2.24) is 0 Å². The van der Waals surface area contributed by atoms with Crippen LogP contribution in [0, 0.1) is 35.3 Å². The quantitative estimate of drug-likeness (QED) is 0.334. The van der Waals surface area contributed by atoms with Crippen LogP contribution in [0.25, 0.3) is 0 Å². The third-order valence-corrected chi connectivity index (χ3v) is 8.39. The third kappa shape index (κ3) is 6.45. The van der Waals surface area contributed by atoms with Gasteiger partial charge < -0.3 is 4.74 Å². The predicted octanol–water partition coefficient (Wildman–Crippen LogP) is 9.05. The molecule has 0 N–H and O–H groups in total. The Morgan fingerprint density at radius 3 is 2.06 bits per heavy atom. The van der Waals surface area contributed by atoms with Crippen LogP contribution in [0.2, 0.25) is 0 Å². The molecule has 1 aromatic carbocycles. The highest BCUT2D eigenvalue weighted by Crippen LogP contribution is 2.45. The van der Waals surface area contributed by atoms with Crippen LogP contribution < -0.4 is 4.74 Å². The molecule has 176 valence electrons. The van der Waals surface area contributed by atoms with E-state index in [4.69, 9.17) is 4.74 Å². The van der Waals surface area contributed by atoms with Gasteiger partial charge in [0.25, 0.3) is 0 Å². The van der Waals surface area contributed by atoms with Gasteiger partial charge in [-0.25, -0.2) is 4.39 Å². The molecule has 1 unspecified atom stereocenters. The van der Waals surface area contributed by atoms with Gasteiger partial charge in [0.1, 0.15) is 0 Å². The summed E-state index contributed by atoms with van der Waals surface area (Å²) in [5.74, 6) is 2.07. The Balaban J connectivity index is 1.50. The molecule has 2 saturated carbocycles. The number of ether oxygens (including phenoxy) is 1. The van der Waals surface area contributed by atoms with E-state index in [1.54, 1.807) is 12.1 Å². The highest BCUT2D eigenvalue weighted by molar-refractivity contribution is 5.33. The van der Waals surface area contributed by atoms with Crippen molar-refractivity contribution in [3.05, 3.63) is 29.3 Å². The molecule has 1 aromatic rings. The molecule has 0 spiro atoms. The molecule has 3 heteroatoms. The normalized spacial score (nSPS) is 27.8. The van der Waals surface area contributed by atoms with Gasteiger partial charge >= 0.3 is 0 Å². The highest BCUT2D eigenvalue weighted by atomic mass is 19.2. The van der Waals surface area contributed by atoms with Crippen LogP contribution in [0.1, 0.15) is 116 Å². The Labute approximate surface area is 189 Å². The maximum atomic E-state index is 14.8. The molecule has 1 nitrogen and oxygen atoms in total. The number of halogens is 2. The van der Waals surface area contributed by atoms with E-state index in [0.717, 1.165) is 62.2 Å². The van der Waals surface area contributed by atoms with Crippen LogP contribution in [0.4, 0.5) is 8.78 Å². The van der Waals surface area contributed by atoms with Gasteiger partial charge in [-0.1, -0.05) is 65.4 Å². The fourth-order valence-electron chi connectivity index (χ4n) is 6.14. The molecule has 0 aliphatic heterocycles. The molecule has 0 radical (unpaired) electrons. The molecule has 31 heavy (non-hydrogen) atoms. The molecule has 1 atom stereocenters. The van der Waals surface area contributed by atoms with Crippen molar-refractivity contribution in [2.75, 3.05) is 6.61 Å². The van der Waals surface area contributed by atoms with Crippen molar-refractivity contribution in [3.8, 4) is 5.75 Å². The monoisotopic (exact) mass is 434 g/mol. The Morgan fingerprint density at radius 2 is 1.45 bits per heavy atom. The van der Waals surface area contributed by atoms with Gasteiger partial charge in [-0.15, -0.1) is 0 Å². The van der Waals surface area contributed by atoms with E-state index in [1.165, 1.54) is 44.9 Å². The summed E-state index contributed by atoms with van der Waals surface area (Å²) >= 11 is 0. The minimum atomic E-state index is -0.802. The number of unbranched alkanes of at least 4 members (excludes halogenated alkanes) is 2. The predicted molar refractivity (Wildman–Crippen MR) is 126 cm³/mol. The summed E-state index contributed by atoms with van der Waals surface area (Å²) < 4.78 is 34.7. The van der Waals surface area contributed by atoms with E-state index in [9.17, 15) is 8.78 Å². The second-order valence-electron chi connectivity index (χ2n) is 10.4. The summed E-state index contributed by atoms with van der Waals surface area (Å²) in [6.07, 6.45) is 15.8. The lowest BCUT2D eigenvalue weighted by Crippen LogP contribution is -2.28. The van der Waals surface area contributed by atoms with Crippen molar-refractivity contribution >= 4 is 0 Å². The zero-order valence-corrected chi connectivity index (χ0v) is 20.1. The van der Waals surface area contributed by atoms with E-state index in [0.29, 0.717) is 12.2 Å². The molecule has 2 aliphatic carbocycles. The average Bonchev–Trinajstić information content (AvgIpc) is 2.81. The SMILES string of the molecule is CCCCOc1ccc(C2CCC(C(C)C3CCC(CCCC)CC3)CC2)c(F)c1F. The van der Waals surface area contributed by atoms with Gasteiger partial charge in [0.05, 0.1) is 6.61 Å². The first kappa shape index (κ1) is 24.5. The first-order chi connectivity index (χ1) is 15.0. The van der Waals surface area contributed by atoms with E-state index in [2.05, 4.69) is 20.8 Å². The van der Waals surface area contributed by atoms with Crippen LogP contribution in [0.15, 0.2) is 12.1 Å². The molecule has 0 bridgehead atoms. The van der Waals surface area contributed by atoms with Gasteiger partial charge in [-0.3, -0.25) is 0 Å². The van der Waals surface area contributed by atoms with Crippen molar-refractivity contribution in [2.24, 2.45) is 23.7 Å². The topological polar surface area (TPSA) is 9.23 Å². The molecule has 0 amide bonds. The Hall–Kier alpha value is -1.12. The van der Waals surface area contributed by atoms with Crippen molar-refractivity contribution < 1.29 is 13.5 Å². The summed E-state index contributed by atoms with van der Waals surface area (Å²) in [5, 5.41) is 0. The number of rotatable bonds is 10. The highest BCUT2D eigenvalue weighted by Gasteiger charge is 2.33. The molecule has 2 aliphatic rings. The van der Waals surface area contributed by atoms with E-state index in [1.807, 2.05) is 0 Å². The molecule has 3 rings (SSSR count). The second-order valence-corrected chi connectivity index (χ2v) is 10.4. The smallest absolute Gasteiger partial charge is 0.200 e. The minimum Gasteiger partial charge on any atom is -0.490 e. The van der Waals surface area contributed by atoms with Crippen molar-refractivity contribution in [1.29, 1.82) is 0 Å². The zero-order valence-electron chi connectivity index (χ0n) is 20.1. The lowest BCUT2D eigenvalue weighted by atomic mass is 9.66. The molecule has 0 aromatic heterocycles. The number of hydrogen-bond acceptors (Lipinski definition) is 1. The van der Waals surface area contributed by atoms with E-state index in [-0.39, 0.29) is 11.7 Å². The number of benzene rings is 1. The first-order valence-electron chi connectivity index (χ1n) is 13.2. The minimum absolute atomic E-state index is 0.0616. The summed E-state index contributed by atoms with van der Waals surface area (Å²) in [6.45, 7) is 7.25. The Bertz CT molecular complexity index is 657. The van der Waals surface area contributed by atoms with Gasteiger partial charge in [-0.2, -0.15) is 4.39 Å². The summed E-state index contributed by atoms with van der Waals surface area (Å²) in [4.78, 5) is 0. The van der Waals surface area contributed by atoms with E-state index < -0.39 is 11.6 Å². The van der Waals surface area contributed by atoms with Gasteiger partial charge in [-0.05, 0) is 86.2 Å². The summed E-state index contributed by atoms with van der Waals surface area (Å²) in [5.41, 5.74) is 0.558. The molecule has 2 fully saturated rings. The van der Waals surface area contributed by atoms with Gasteiger partial charge in [0, 0.05) is 0 Å². The zero-order chi connectivity index (χ0) is 22.2. The molecular weight excluding hydrogens is 390 g/mol. The maximum Gasteiger partial charge on any atom is 0.200 e. The lowest BCUT2D eigenvalue weighted by molar-refractivity contribution is 0.131. The van der Waals surface area contributed by atoms with Gasteiger partial charge in [0.2, 0.25) is 5.82 Å².